The number of piperidine rings is 1. The Labute approximate surface area is 107 Å². The van der Waals surface area contributed by atoms with E-state index in [1.807, 2.05) is 0 Å². The van der Waals surface area contributed by atoms with Gasteiger partial charge in [0, 0.05) is 12.6 Å². The molecule has 0 bridgehead atoms. The first-order valence-corrected chi connectivity index (χ1v) is 6.22. The highest BCUT2D eigenvalue weighted by molar-refractivity contribution is 5.66. The average Bonchev–Trinajstić information content (AvgIpc) is 2.38. The van der Waals surface area contributed by atoms with Crippen LogP contribution in [0.4, 0.5) is 11.4 Å². The van der Waals surface area contributed by atoms with Gasteiger partial charge < -0.3 is 9.64 Å². The van der Waals surface area contributed by atoms with Gasteiger partial charge in [-0.2, -0.15) is 0 Å². The Kier molecular flexibility index (Phi) is 3.69. The Bertz CT molecular complexity index is 448. The molecule has 1 fully saturated rings. The van der Waals surface area contributed by atoms with Gasteiger partial charge in [0.2, 0.25) is 0 Å². The third kappa shape index (κ3) is 2.39. The van der Waals surface area contributed by atoms with Gasteiger partial charge in [0.1, 0.15) is 11.4 Å². The molecule has 1 aromatic rings. The molecule has 1 heterocycles. The monoisotopic (exact) mass is 250 g/mol. The van der Waals surface area contributed by atoms with Gasteiger partial charge in [-0.1, -0.05) is 0 Å². The van der Waals surface area contributed by atoms with Crippen LogP contribution in [-0.2, 0) is 0 Å². The molecule has 1 aliphatic rings. The van der Waals surface area contributed by atoms with Crippen LogP contribution in [0.5, 0.6) is 5.75 Å². The van der Waals surface area contributed by atoms with Crippen molar-refractivity contribution in [1.82, 2.24) is 0 Å². The molecule has 0 aliphatic carbocycles. The van der Waals surface area contributed by atoms with Crippen LogP contribution < -0.4 is 9.64 Å². The van der Waals surface area contributed by atoms with Crippen LogP contribution in [-0.4, -0.2) is 24.6 Å². The number of benzene rings is 1. The van der Waals surface area contributed by atoms with Crippen LogP contribution in [0.15, 0.2) is 18.2 Å². The van der Waals surface area contributed by atoms with Crippen molar-refractivity contribution in [3.05, 3.63) is 28.3 Å². The van der Waals surface area contributed by atoms with Crippen LogP contribution >= 0.6 is 0 Å². The summed E-state index contributed by atoms with van der Waals surface area (Å²) >= 11 is 0. The summed E-state index contributed by atoms with van der Waals surface area (Å²) in [7, 11) is 1.52. The summed E-state index contributed by atoms with van der Waals surface area (Å²) in [5, 5.41) is 11.2. The maximum atomic E-state index is 11.2. The van der Waals surface area contributed by atoms with E-state index in [0.29, 0.717) is 17.5 Å². The number of nitro groups is 1. The fourth-order valence-corrected chi connectivity index (χ4v) is 2.48. The lowest BCUT2D eigenvalue weighted by Gasteiger charge is -2.35. The minimum Gasteiger partial charge on any atom is -0.496 e. The van der Waals surface area contributed by atoms with E-state index in [0.717, 1.165) is 19.4 Å². The molecule has 2 rings (SSSR count). The lowest BCUT2D eigenvalue weighted by atomic mass is 10.0. The molecule has 5 heteroatoms. The minimum absolute atomic E-state index is 0.128. The molecule has 0 radical (unpaired) electrons. The third-order valence-corrected chi connectivity index (χ3v) is 3.49. The molecule has 1 saturated heterocycles. The molecule has 18 heavy (non-hydrogen) atoms. The summed E-state index contributed by atoms with van der Waals surface area (Å²) in [6.45, 7) is 3.00. The zero-order valence-corrected chi connectivity index (χ0v) is 10.8. The van der Waals surface area contributed by atoms with Crippen LogP contribution in [0.2, 0.25) is 0 Å². The van der Waals surface area contributed by atoms with Crippen molar-refractivity contribution in [1.29, 1.82) is 0 Å². The lowest BCUT2D eigenvalue weighted by molar-refractivity contribution is -0.384. The van der Waals surface area contributed by atoms with E-state index in [1.54, 1.807) is 12.1 Å². The summed E-state index contributed by atoms with van der Waals surface area (Å²) in [6, 6.07) is 5.42. The zero-order chi connectivity index (χ0) is 13.1. The fraction of sp³-hybridized carbons (Fsp3) is 0.538. The first kappa shape index (κ1) is 12.7. The van der Waals surface area contributed by atoms with E-state index in [1.165, 1.54) is 19.6 Å². The fourth-order valence-electron chi connectivity index (χ4n) is 2.48. The SMILES string of the molecule is COc1ccc(N2CCCC[C@H]2C)c([N+](=O)[O-])c1. The van der Waals surface area contributed by atoms with Gasteiger partial charge in [0.25, 0.3) is 5.69 Å². The van der Waals surface area contributed by atoms with E-state index >= 15 is 0 Å². The zero-order valence-electron chi connectivity index (χ0n) is 10.8. The summed E-state index contributed by atoms with van der Waals surface area (Å²) in [5.41, 5.74) is 0.830. The molecule has 5 nitrogen and oxygen atoms in total. The Morgan fingerprint density at radius 2 is 2.22 bits per heavy atom. The molecule has 0 aromatic heterocycles. The minimum atomic E-state index is -0.334. The second-order valence-corrected chi connectivity index (χ2v) is 4.65. The number of ether oxygens (including phenoxy) is 1. The van der Waals surface area contributed by atoms with E-state index < -0.39 is 0 Å². The molecule has 98 valence electrons. The number of rotatable bonds is 3. The summed E-state index contributed by atoms with van der Waals surface area (Å²) in [4.78, 5) is 13.0. The first-order valence-electron chi connectivity index (χ1n) is 6.22. The molecular weight excluding hydrogens is 232 g/mol. The maximum Gasteiger partial charge on any atom is 0.296 e. The Morgan fingerprint density at radius 3 is 2.83 bits per heavy atom. The van der Waals surface area contributed by atoms with Crippen LogP contribution in [0, 0.1) is 10.1 Å². The highest BCUT2D eigenvalue weighted by atomic mass is 16.6. The van der Waals surface area contributed by atoms with Crippen LogP contribution in [0.25, 0.3) is 0 Å². The second-order valence-electron chi connectivity index (χ2n) is 4.65. The summed E-state index contributed by atoms with van der Waals surface area (Å²) < 4.78 is 5.05. The van der Waals surface area contributed by atoms with Gasteiger partial charge in [-0.15, -0.1) is 0 Å². The Hall–Kier alpha value is -1.78. The first-order chi connectivity index (χ1) is 8.63. The Balaban J connectivity index is 2.39. The van der Waals surface area contributed by atoms with E-state index in [9.17, 15) is 10.1 Å². The van der Waals surface area contributed by atoms with Gasteiger partial charge in [-0.25, -0.2) is 0 Å². The van der Waals surface area contributed by atoms with Crippen molar-refractivity contribution < 1.29 is 9.66 Å². The highest BCUT2D eigenvalue weighted by Crippen LogP contribution is 2.35. The van der Waals surface area contributed by atoms with Crippen molar-refractivity contribution in [2.75, 3.05) is 18.6 Å². The number of hydrogen-bond acceptors (Lipinski definition) is 4. The second kappa shape index (κ2) is 5.25. The quantitative estimate of drug-likeness (QED) is 0.611. The number of nitro benzene ring substituents is 1. The van der Waals surface area contributed by atoms with Crippen molar-refractivity contribution in [2.45, 2.75) is 32.2 Å². The maximum absolute atomic E-state index is 11.2. The highest BCUT2D eigenvalue weighted by Gasteiger charge is 2.25. The number of hydrogen-bond donors (Lipinski definition) is 0. The number of nitrogens with zero attached hydrogens (tertiary/aromatic N) is 2. The lowest BCUT2D eigenvalue weighted by Crippen LogP contribution is -2.37. The molecule has 1 aromatic carbocycles. The van der Waals surface area contributed by atoms with E-state index in [4.69, 9.17) is 4.74 Å². The average molecular weight is 250 g/mol. The molecule has 0 N–H and O–H groups in total. The third-order valence-electron chi connectivity index (χ3n) is 3.49. The topological polar surface area (TPSA) is 55.6 Å². The normalized spacial score (nSPS) is 19.7. The van der Waals surface area contributed by atoms with Crippen molar-refractivity contribution in [2.24, 2.45) is 0 Å². The molecule has 0 unspecified atom stereocenters. The van der Waals surface area contributed by atoms with Gasteiger partial charge in [-0.3, -0.25) is 10.1 Å². The molecule has 1 aliphatic heterocycles. The van der Waals surface area contributed by atoms with E-state index in [-0.39, 0.29) is 10.6 Å². The molecule has 0 spiro atoms. The van der Waals surface area contributed by atoms with Crippen molar-refractivity contribution in [3.8, 4) is 5.75 Å². The smallest absolute Gasteiger partial charge is 0.296 e. The Morgan fingerprint density at radius 1 is 1.44 bits per heavy atom. The van der Waals surface area contributed by atoms with Gasteiger partial charge in [-0.05, 0) is 38.3 Å². The predicted molar refractivity (Wildman–Crippen MR) is 70.3 cm³/mol. The van der Waals surface area contributed by atoms with Crippen LogP contribution in [0.1, 0.15) is 26.2 Å². The summed E-state index contributed by atoms with van der Waals surface area (Å²) in [6.07, 6.45) is 3.37. The molecule has 0 saturated carbocycles. The summed E-state index contributed by atoms with van der Waals surface area (Å²) in [5.74, 6) is 0.523. The van der Waals surface area contributed by atoms with Gasteiger partial charge >= 0.3 is 0 Å². The molecule has 1 atom stereocenters. The predicted octanol–water partition coefficient (Wildman–Crippen LogP) is 2.98. The number of methoxy groups -OCH3 is 1. The number of anilines is 1. The molecule has 0 amide bonds. The largest absolute Gasteiger partial charge is 0.496 e. The molecular formula is C13H18N2O3. The van der Waals surface area contributed by atoms with Crippen molar-refractivity contribution >= 4 is 11.4 Å². The van der Waals surface area contributed by atoms with Crippen LogP contribution in [0.3, 0.4) is 0 Å². The standard InChI is InChI=1S/C13H18N2O3/c1-10-5-3-4-8-14(10)12-7-6-11(18-2)9-13(12)15(16)17/h6-7,9-10H,3-5,8H2,1-2H3/t10-/m1/s1. The van der Waals surface area contributed by atoms with Crippen molar-refractivity contribution in [3.63, 3.8) is 0 Å². The van der Waals surface area contributed by atoms with Gasteiger partial charge in [0.05, 0.1) is 18.1 Å². The van der Waals surface area contributed by atoms with E-state index in [2.05, 4.69) is 11.8 Å². The van der Waals surface area contributed by atoms with Gasteiger partial charge in [0.15, 0.2) is 0 Å².